The lowest BCUT2D eigenvalue weighted by atomic mass is 9.88. The molecule has 2 N–H and O–H groups in total. The van der Waals surface area contributed by atoms with Crippen LogP contribution in [0.1, 0.15) is 5.56 Å². The van der Waals surface area contributed by atoms with Crippen LogP contribution >= 0.6 is 23.2 Å². The van der Waals surface area contributed by atoms with Gasteiger partial charge in [-0.3, -0.25) is 0 Å². The molecule has 0 saturated carbocycles. The summed E-state index contributed by atoms with van der Waals surface area (Å²) in [5.74, 6) is 0. The normalized spacial score (nSPS) is 13.0. The highest BCUT2D eigenvalue weighted by molar-refractivity contribution is 6.33. The predicted octanol–water partition coefficient (Wildman–Crippen LogP) is 4.24. The molecule has 0 aliphatic rings. The van der Waals surface area contributed by atoms with Gasteiger partial charge in [0, 0.05) is 22.7 Å². The Hall–Kier alpha value is -1.35. The molecule has 0 atom stereocenters. The van der Waals surface area contributed by atoms with Crippen molar-refractivity contribution in [3.8, 4) is 0 Å². The monoisotopic (exact) mass is 368 g/mol. The number of urea groups is 1. The standard InChI is InChI=1S/C11H8Cl2F6N2O/c1-20-8(22)21-9(10(14,15)16,11(17,18)19)6-4-5(12)2-3-7(6)13/h2-4H,1H3,(H2,20,21,22). The maximum atomic E-state index is 13.3. The third kappa shape index (κ3) is 3.19. The molecule has 11 heteroatoms. The van der Waals surface area contributed by atoms with Crippen molar-refractivity contribution in [1.29, 1.82) is 0 Å². The first-order chi connectivity index (χ1) is 9.86. The van der Waals surface area contributed by atoms with E-state index in [0.717, 1.165) is 24.5 Å². The molecule has 0 aliphatic carbocycles. The average molecular weight is 369 g/mol. The van der Waals surface area contributed by atoms with Gasteiger partial charge in [-0.2, -0.15) is 26.3 Å². The molecule has 0 unspecified atom stereocenters. The number of alkyl halides is 6. The van der Waals surface area contributed by atoms with Crippen molar-refractivity contribution in [2.24, 2.45) is 0 Å². The van der Waals surface area contributed by atoms with E-state index in [-0.39, 0.29) is 0 Å². The zero-order valence-electron chi connectivity index (χ0n) is 10.7. The van der Waals surface area contributed by atoms with Crippen LogP contribution in [-0.4, -0.2) is 25.4 Å². The van der Waals surface area contributed by atoms with Crippen molar-refractivity contribution in [3.05, 3.63) is 33.8 Å². The van der Waals surface area contributed by atoms with Gasteiger partial charge in [0.25, 0.3) is 5.54 Å². The fourth-order valence-electron chi connectivity index (χ4n) is 1.69. The highest BCUT2D eigenvalue weighted by Gasteiger charge is 2.73. The molecule has 0 aliphatic heterocycles. The van der Waals surface area contributed by atoms with Crippen molar-refractivity contribution >= 4 is 29.2 Å². The Labute approximate surface area is 130 Å². The third-order valence-corrected chi connectivity index (χ3v) is 3.28. The van der Waals surface area contributed by atoms with Crippen molar-refractivity contribution in [2.75, 3.05) is 7.05 Å². The number of hydrogen-bond acceptors (Lipinski definition) is 1. The van der Waals surface area contributed by atoms with E-state index in [2.05, 4.69) is 0 Å². The van der Waals surface area contributed by atoms with Crippen LogP contribution in [0.3, 0.4) is 0 Å². The summed E-state index contributed by atoms with van der Waals surface area (Å²) in [5, 5.41) is 1.29. The molecule has 0 bridgehead atoms. The van der Waals surface area contributed by atoms with E-state index in [1.807, 2.05) is 0 Å². The zero-order chi connectivity index (χ0) is 17.3. The molecular weight excluding hydrogens is 361 g/mol. The number of carbonyl (C=O) groups excluding carboxylic acids is 1. The van der Waals surface area contributed by atoms with Crippen LogP contribution in [0.25, 0.3) is 0 Å². The van der Waals surface area contributed by atoms with Crippen molar-refractivity contribution in [1.82, 2.24) is 10.6 Å². The molecule has 0 fully saturated rings. The Morgan fingerprint density at radius 3 is 1.95 bits per heavy atom. The SMILES string of the molecule is CNC(=O)NC(c1cc(Cl)ccc1Cl)(C(F)(F)F)C(F)(F)F. The van der Waals surface area contributed by atoms with Gasteiger partial charge in [-0.15, -0.1) is 0 Å². The van der Waals surface area contributed by atoms with Gasteiger partial charge in [-0.1, -0.05) is 23.2 Å². The Bertz CT molecular complexity index is 559. The van der Waals surface area contributed by atoms with E-state index < -0.39 is 39.5 Å². The molecular formula is C11H8Cl2F6N2O. The minimum absolute atomic E-state index is 0.404. The van der Waals surface area contributed by atoms with Gasteiger partial charge < -0.3 is 10.6 Å². The minimum Gasteiger partial charge on any atom is -0.341 e. The maximum Gasteiger partial charge on any atom is 0.424 e. The molecule has 22 heavy (non-hydrogen) atoms. The first kappa shape index (κ1) is 18.7. The lowest BCUT2D eigenvalue weighted by molar-refractivity contribution is -0.309. The number of nitrogens with one attached hydrogen (secondary N) is 2. The molecule has 1 aromatic rings. The second kappa shape index (κ2) is 6.04. The number of hydrogen-bond donors (Lipinski definition) is 2. The number of amides is 2. The topological polar surface area (TPSA) is 41.1 Å². The summed E-state index contributed by atoms with van der Waals surface area (Å²) in [6.45, 7) is 0. The van der Waals surface area contributed by atoms with Crippen molar-refractivity contribution < 1.29 is 31.1 Å². The van der Waals surface area contributed by atoms with E-state index in [9.17, 15) is 31.1 Å². The largest absolute Gasteiger partial charge is 0.424 e. The van der Waals surface area contributed by atoms with Crippen LogP contribution in [0, 0.1) is 0 Å². The molecule has 1 aromatic carbocycles. The van der Waals surface area contributed by atoms with Gasteiger partial charge in [0.15, 0.2) is 0 Å². The van der Waals surface area contributed by atoms with Crippen molar-refractivity contribution in [2.45, 2.75) is 17.9 Å². The fraction of sp³-hybridized carbons (Fsp3) is 0.364. The van der Waals surface area contributed by atoms with E-state index in [4.69, 9.17) is 23.2 Å². The van der Waals surface area contributed by atoms with Crippen LogP contribution < -0.4 is 10.6 Å². The second-order valence-corrected chi connectivity index (χ2v) is 4.92. The summed E-state index contributed by atoms with van der Waals surface area (Å²) in [4.78, 5) is 11.2. The average Bonchev–Trinajstić information content (AvgIpc) is 2.35. The van der Waals surface area contributed by atoms with E-state index in [0.29, 0.717) is 6.07 Å². The number of benzene rings is 1. The third-order valence-electron chi connectivity index (χ3n) is 2.71. The lowest BCUT2D eigenvalue weighted by Gasteiger charge is -2.38. The Kier molecular flexibility index (Phi) is 5.13. The molecule has 0 spiro atoms. The van der Waals surface area contributed by atoms with Crippen LogP contribution in [0.5, 0.6) is 0 Å². The summed E-state index contributed by atoms with van der Waals surface area (Å²) in [6.07, 6.45) is -11.8. The highest BCUT2D eigenvalue weighted by atomic mass is 35.5. The van der Waals surface area contributed by atoms with Crippen LogP contribution in [0.4, 0.5) is 31.1 Å². The maximum absolute atomic E-state index is 13.3. The van der Waals surface area contributed by atoms with Gasteiger partial charge in [0.2, 0.25) is 0 Å². The second-order valence-electron chi connectivity index (χ2n) is 4.07. The number of carbonyl (C=O) groups is 1. The number of halogens is 8. The highest BCUT2D eigenvalue weighted by Crippen LogP contribution is 2.52. The molecule has 124 valence electrons. The lowest BCUT2D eigenvalue weighted by Crippen LogP contribution is -2.66. The summed E-state index contributed by atoms with van der Waals surface area (Å²) in [6, 6.07) is 0.508. The van der Waals surface area contributed by atoms with E-state index in [1.165, 1.54) is 0 Å². The number of rotatable bonds is 2. The molecule has 0 heterocycles. The molecule has 3 nitrogen and oxygen atoms in total. The minimum atomic E-state index is -5.92. The Morgan fingerprint density at radius 2 is 1.55 bits per heavy atom. The quantitative estimate of drug-likeness (QED) is 0.753. The first-order valence-corrected chi connectivity index (χ1v) is 6.21. The van der Waals surface area contributed by atoms with Crippen LogP contribution in [-0.2, 0) is 5.54 Å². The fourth-order valence-corrected chi connectivity index (χ4v) is 2.12. The summed E-state index contributed by atoms with van der Waals surface area (Å²) < 4.78 is 79.8. The zero-order valence-corrected chi connectivity index (χ0v) is 12.2. The van der Waals surface area contributed by atoms with Gasteiger partial charge in [-0.05, 0) is 18.2 Å². The van der Waals surface area contributed by atoms with Crippen molar-refractivity contribution in [3.63, 3.8) is 0 Å². The molecule has 0 radical (unpaired) electrons. The van der Waals surface area contributed by atoms with Gasteiger partial charge in [-0.25, -0.2) is 4.79 Å². The summed E-state index contributed by atoms with van der Waals surface area (Å²) in [5.41, 5.74) is -6.13. The van der Waals surface area contributed by atoms with Gasteiger partial charge in [0.1, 0.15) is 0 Å². The smallest absolute Gasteiger partial charge is 0.341 e. The summed E-state index contributed by atoms with van der Waals surface area (Å²) in [7, 11) is 0.867. The molecule has 0 saturated heterocycles. The van der Waals surface area contributed by atoms with Crippen LogP contribution in [0.15, 0.2) is 18.2 Å². The van der Waals surface area contributed by atoms with E-state index in [1.54, 1.807) is 5.32 Å². The molecule has 1 rings (SSSR count). The first-order valence-electron chi connectivity index (χ1n) is 5.45. The molecule has 2 amide bonds. The Morgan fingerprint density at radius 1 is 1.05 bits per heavy atom. The van der Waals surface area contributed by atoms with Crippen LogP contribution in [0.2, 0.25) is 10.0 Å². The predicted molar refractivity (Wildman–Crippen MR) is 67.8 cm³/mol. The van der Waals surface area contributed by atoms with Gasteiger partial charge in [0.05, 0.1) is 0 Å². The van der Waals surface area contributed by atoms with E-state index >= 15 is 0 Å². The molecule has 0 aromatic heterocycles. The Balaban J connectivity index is 3.77. The summed E-state index contributed by atoms with van der Waals surface area (Å²) >= 11 is 11.0. The van der Waals surface area contributed by atoms with Gasteiger partial charge >= 0.3 is 18.4 Å².